The first-order valence-electron chi connectivity index (χ1n) is 8.12. The minimum absolute atomic E-state index is 0.452. The van der Waals surface area contributed by atoms with Gasteiger partial charge in [-0.05, 0) is 43.9 Å². The molecule has 21 heavy (non-hydrogen) atoms. The Morgan fingerprint density at radius 3 is 2.86 bits per heavy atom. The molecule has 3 rings (SSSR count). The molecule has 114 valence electrons. The predicted octanol–water partition coefficient (Wildman–Crippen LogP) is 3.36. The van der Waals surface area contributed by atoms with Gasteiger partial charge < -0.3 is 4.90 Å². The van der Waals surface area contributed by atoms with Gasteiger partial charge in [-0.15, -0.1) is 5.10 Å². The summed E-state index contributed by atoms with van der Waals surface area (Å²) in [4.78, 5) is 2.45. The lowest BCUT2D eigenvalue weighted by molar-refractivity contribution is 0.139. The molecule has 1 fully saturated rings. The van der Waals surface area contributed by atoms with Gasteiger partial charge in [0.1, 0.15) is 5.52 Å². The highest BCUT2D eigenvalue weighted by Gasteiger charge is 2.28. The maximum Gasteiger partial charge on any atom is 0.113 e. The zero-order chi connectivity index (χ0) is 14.8. The number of fused-ring (bicyclic) bond motifs is 1. The van der Waals surface area contributed by atoms with Crippen molar-refractivity contribution in [2.24, 2.45) is 11.8 Å². The van der Waals surface area contributed by atoms with Crippen LogP contribution >= 0.6 is 0 Å². The fourth-order valence-electron chi connectivity index (χ4n) is 3.52. The lowest BCUT2D eigenvalue weighted by atomic mass is 9.88. The highest BCUT2D eigenvalue weighted by atomic mass is 15.4. The Balaban J connectivity index is 1.77. The van der Waals surface area contributed by atoms with Crippen molar-refractivity contribution in [3.05, 3.63) is 24.3 Å². The SMILES string of the molecule is CC(C)CCC1CC(n2nnc3ccccc32)CN(C)C1. The molecule has 1 aromatic carbocycles. The number of hydrogen-bond donors (Lipinski definition) is 0. The molecule has 0 N–H and O–H groups in total. The van der Waals surface area contributed by atoms with E-state index in [0.717, 1.165) is 23.9 Å². The molecular formula is C17H26N4. The largest absolute Gasteiger partial charge is 0.304 e. The van der Waals surface area contributed by atoms with Crippen molar-refractivity contribution in [1.29, 1.82) is 0 Å². The van der Waals surface area contributed by atoms with Gasteiger partial charge in [0.2, 0.25) is 0 Å². The van der Waals surface area contributed by atoms with Crippen LogP contribution in [-0.4, -0.2) is 40.0 Å². The molecule has 0 bridgehead atoms. The van der Waals surface area contributed by atoms with Crippen LogP contribution in [0.5, 0.6) is 0 Å². The van der Waals surface area contributed by atoms with Crippen molar-refractivity contribution >= 4 is 11.0 Å². The number of rotatable bonds is 4. The molecule has 0 aliphatic carbocycles. The van der Waals surface area contributed by atoms with Gasteiger partial charge in [0, 0.05) is 13.1 Å². The van der Waals surface area contributed by atoms with Crippen LogP contribution in [0.1, 0.15) is 39.2 Å². The van der Waals surface area contributed by atoms with Crippen LogP contribution < -0.4 is 0 Å². The van der Waals surface area contributed by atoms with Crippen molar-refractivity contribution in [1.82, 2.24) is 19.9 Å². The average Bonchev–Trinajstić information content (AvgIpc) is 2.88. The van der Waals surface area contributed by atoms with Gasteiger partial charge in [0.15, 0.2) is 0 Å². The molecular weight excluding hydrogens is 260 g/mol. The van der Waals surface area contributed by atoms with Gasteiger partial charge >= 0.3 is 0 Å². The second-order valence-electron chi connectivity index (χ2n) is 6.97. The molecule has 2 unspecified atom stereocenters. The number of benzene rings is 1. The molecule has 0 amide bonds. The molecule has 0 spiro atoms. The van der Waals surface area contributed by atoms with Crippen molar-refractivity contribution < 1.29 is 0 Å². The number of likely N-dealkylation sites (tertiary alicyclic amines) is 1. The molecule has 2 atom stereocenters. The summed E-state index contributed by atoms with van der Waals surface area (Å²) in [5.41, 5.74) is 2.17. The molecule has 1 aliphatic heterocycles. The number of hydrogen-bond acceptors (Lipinski definition) is 3. The predicted molar refractivity (Wildman–Crippen MR) is 86.2 cm³/mol. The molecule has 0 radical (unpaired) electrons. The van der Waals surface area contributed by atoms with Gasteiger partial charge in [-0.2, -0.15) is 0 Å². The summed E-state index contributed by atoms with van der Waals surface area (Å²) in [6.07, 6.45) is 3.87. The molecule has 4 nitrogen and oxygen atoms in total. The summed E-state index contributed by atoms with van der Waals surface area (Å²) in [5.74, 6) is 1.57. The molecule has 2 aromatic rings. The minimum atomic E-state index is 0.452. The summed E-state index contributed by atoms with van der Waals surface area (Å²) in [6, 6.07) is 8.73. The molecule has 1 saturated heterocycles. The first-order valence-corrected chi connectivity index (χ1v) is 8.12. The quantitative estimate of drug-likeness (QED) is 0.864. The normalized spacial score (nSPS) is 24.0. The van der Waals surface area contributed by atoms with Gasteiger partial charge in [0.05, 0.1) is 11.6 Å². The third kappa shape index (κ3) is 3.26. The Morgan fingerprint density at radius 1 is 1.24 bits per heavy atom. The van der Waals surface area contributed by atoms with Crippen molar-refractivity contribution in [3.63, 3.8) is 0 Å². The molecule has 4 heteroatoms. The highest BCUT2D eigenvalue weighted by molar-refractivity contribution is 5.73. The maximum absolute atomic E-state index is 4.42. The van der Waals surface area contributed by atoms with E-state index in [1.807, 2.05) is 12.1 Å². The van der Waals surface area contributed by atoms with Crippen LogP contribution in [0.15, 0.2) is 24.3 Å². The van der Waals surface area contributed by atoms with Crippen molar-refractivity contribution in [3.8, 4) is 0 Å². The third-order valence-corrected chi connectivity index (χ3v) is 4.57. The Hall–Kier alpha value is -1.42. The van der Waals surface area contributed by atoms with Crippen LogP contribution in [0, 0.1) is 11.8 Å². The Kier molecular flexibility index (Phi) is 4.24. The summed E-state index contributed by atoms with van der Waals surface area (Å²) < 4.78 is 2.15. The average molecular weight is 286 g/mol. The van der Waals surface area contributed by atoms with E-state index in [4.69, 9.17) is 0 Å². The van der Waals surface area contributed by atoms with Gasteiger partial charge in [0.25, 0.3) is 0 Å². The standard InChI is InChI=1S/C17H26N4/c1-13(2)8-9-14-10-15(12-20(3)11-14)21-17-7-5-4-6-16(17)18-19-21/h4-7,13-15H,8-12H2,1-3H3. The Morgan fingerprint density at radius 2 is 2.05 bits per heavy atom. The van der Waals surface area contributed by atoms with E-state index < -0.39 is 0 Å². The second kappa shape index (κ2) is 6.14. The van der Waals surface area contributed by atoms with E-state index in [2.05, 4.69) is 52.9 Å². The van der Waals surface area contributed by atoms with Crippen molar-refractivity contribution in [2.75, 3.05) is 20.1 Å². The summed E-state index contributed by atoms with van der Waals surface area (Å²) in [5, 5.41) is 8.74. The van der Waals surface area contributed by atoms with Crippen LogP contribution in [0.4, 0.5) is 0 Å². The Labute approximate surface area is 127 Å². The van der Waals surface area contributed by atoms with E-state index in [1.165, 1.54) is 31.3 Å². The summed E-state index contributed by atoms with van der Waals surface area (Å²) in [7, 11) is 2.23. The molecule has 2 heterocycles. The van der Waals surface area contributed by atoms with Gasteiger partial charge in [-0.25, -0.2) is 4.68 Å². The zero-order valence-electron chi connectivity index (χ0n) is 13.4. The van der Waals surface area contributed by atoms with Crippen LogP contribution in [0.25, 0.3) is 11.0 Å². The first-order chi connectivity index (χ1) is 10.1. The zero-order valence-corrected chi connectivity index (χ0v) is 13.4. The number of piperidine rings is 1. The monoisotopic (exact) mass is 286 g/mol. The van der Waals surface area contributed by atoms with Gasteiger partial charge in [-0.3, -0.25) is 0 Å². The Bertz CT molecular complexity index is 589. The van der Waals surface area contributed by atoms with E-state index in [9.17, 15) is 0 Å². The fourth-order valence-corrected chi connectivity index (χ4v) is 3.52. The van der Waals surface area contributed by atoms with Crippen LogP contribution in [0.3, 0.4) is 0 Å². The highest BCUT2D eigenvalue weighted by Crippen LogP contribution is 2.30. The minimum Gasteiger partial charge on any atom is -0.304 e. The first kappa shape index (κ1) is 14.5. The number of likely N-dealkylation sites (N-methyl/N-ethyl adjacent to an activating group) is 1. The van der Waals surface area contributed by atoms with Crippen LogP contribution in [0.2, 0.25) is 0 Å². The molecule has 0 saturated carbocycles. The molecule has 1 aromatic heterocycles. The lowest BCUT2D eigenvalue weighted by Gasteiger charge is -2.36. The maximum atomic E-state index is 4.42. The van der Waals surface area contributed by atoms with E-state index >= 15 is 0 Å². The fraction of sp³-hybridized carbons (Fsp3) is 0.647. The van der Waals surface area contributed by atoms with Crippen molar-refractivity contribution in [2.45, 2.75) is 39.2 Å². The van der Waals surface area contributed by atoms with Gasteiger partial charge in [-0.1, -0.05) is 37.6 Å². The summed E-state index contributed by atoms with van der Waals surface area (Å²) in [6.45, 7) is 6.92. The van der Waals surface area contributed by atoms with E-state index in [-0.39, 0.29) is 0 Å². The summed E-state index contributed by atoms with van der Waals surface area (Å²) >= 11 is 0. The second-order valence-corrected chi connectivity index (χ2v) is 6.97. The van der Waals surface area contributed by atoms with E-state index in [0.29, 0.717) is 6.04 Å². The van der Waals surface area contributed by atoms with Crippen LogP contribution in [-0.2, 0) is 0 Å². The number of para-hydroxylation sites is 1. The number of aromatic nitrogens is 3. The third-order valence-electron chi connectivity index (χ3n) is 4.57. The smallest absolute Gasteiger partial charge is 0.113 e. The molecule has 1 aliphatic rings. The topological polar surface area (TPSA) is 34.0 Å². The number of nitrogens with zero attached hydrogens (tertiary/aromatic N) is 4. The van der Waals surface area contributed by atoms with E-state index in [1.54, 1.807) is 0 Å². The lowest BCUT2D eigenvalue weighted by Crippen LogP contribution is -2.39.